The maximum Gasteiger partial charge on any atom is 0.251 e. The van der Waals surface area contributed by atoms with Crippen LogP contribution in [0.25, 0.3) is 10.8 Å². The van der Waals surface area contributed by atoms with Crippen LogP contribution in [-0.2, 0) is 10.0 Å². The number of benzene rings is 3. The minimum absolute atomic E-state index is 0.187. The fourth-order valence-electron chi connectivity index (χ4n) is 3.48. The Morgan fingerprint density at radius 2 is 1.55 bits per heavy atom. The molecule has 0 spiro atoms. The summed E-state index contributed by atoms with van der Waals surface area (Å²) in [5.41, 5.74) is 1.47. The van der Waals surface area contributed by atoms with Crippen LogP contribution in [0.5, 0.6) is 0 Å². The smallest absolute Gasteiger partial charge is 0.251 e. The molecule has 0 saturated heterocycles. The highest BCUT2D eigenvalue weighted by atomic mass is 32.2. The molecule has 6 heteroatoms. The van der Waals surface area contributed by atoms with Gasteiger partial charge in [-0.05, 0) is 47.5 Å². The zero-order valence-electron chi connectivity index (χ0n) is 16.9. The molecule has 3 aromatic carbocycles. The monoisotopic (exact) mass is 410 g/mol. The minimum Gasteiger partial charge on any atom is -0.345 e. The summed E-state index contributed by atoms with van der Waals surface area (Å²) in [6.45, 7) is 6.36. The summed E-state index contributed by atoms with van der Waals surface area (Å²) in [4.78, 5) is 12.9. The van der Waals surface area contributed by atoms with Crippen molar-refractivity contribution in [3.05, 3.63) is 77.9 Å². The topological polar surface area (TPSA) is 66.5 Å². The minimum atomic E-state index is -3.53. The van der Waals surface area contributed by atoms with Crippen LogP contribution in [0.4, 0.5) is 0 Å². The number of nitrogens with zero attached hydrogens (tertiary/aromatic N) is 1. The van der Waals surface area contributed by atoms with Gasteiger partial charge in [0.1, 0.15) is 0 Å². The van der Waals surface area contributed by atoms with Gasteiger partial charge in [0.15, 0.2) is 0 Å². The summed E-state index contributed by atoms with van der Waals surface area (Å²) >= 11 is 0. The lowest BCUT2D eigenvalue weighted by molar-refractivity contribution is 0.0940. The molecule has 3 aromatic rings. The molecule has 5 nitrogen and oxygen atoms in total. The Kier molecular flexibility index (Phi) is 6.35. The largest absolute Gasteiger partial charge is 0.345 e. The first-order valence-corrected chi connectivity index (χ1v) is 11.2. The zero-order valence-corrected chi connectivity index (χ0v) is 17.7. The van der Waals surface area contributed by atoms with Crippen LogP contribution < -0.4 is 5.32 Å². The molecule has 0 saturated carbocycles. The number of amides is 1. The van der Waals surface area contributed by atoms with Crippen LogP contribution in [0.3, 0.4) is 0 Å². The average molecular weight is 411 g/mol. The van der Waals surface area contributed by atoms with Crippen LogP contribution >= 0.6 is 0 Å². The number of fused-ring (bicyclic) bond motifs is 1. The van der Waals surface area contributed by atoms with E-state index in [4.69, 9.17) is 0 Å². The van der Waals surface area contributed by atoms with Crippen molar-refractivity contribution in [3.63, 3.8) is 0 Å². The van der Waals surface area contributed by atoms with E-state index in [2.05, 4.69) is 5.32 Å². The number of sulfonamides is 1. The standard InChI is InChI=1S/C23H26N2O3S/c1-4-25(5-2)29(27,28)20-15-13-19(14-16-20)23(26)24-17(3)21-12-8-10-18-9-6-7-11-22(18)21/h6-17H,4-5H2,1-3H3,(H,24,26). The van der Waals surface area contributed by atoms with E-state index < -0.39 is 10.0 Å². The first kappa shape index (κ1) is 21.0. The second-order valence-electron chi connectivity index (χ2n) is 6.88. The molecule has 0 aromatic heterocycles. The molecule has 0 aliphatic rings. The normalized spacial score (nSPS) is 12.8. The van der Waals surface area contributed by atoms with E-state index in [9.17, 15) is 13.2 Å². The lowest BCUT2D eigenvalue weighted by Gasteiger charge is -2.19. The van der Waals surface area contributed by atoms with Crippen molar-refractivity contribution >= 4 is 26.7 Å². The molecule has 0 bridgehead atoms. The van der Waals surface area contributed by atoms with Gasteiger partial charge in [0.2, 0.25) is 10.0 Å². The summed E-state index contributed by atoms with van der Waals surface area (Å²) in [6.07, 6.45) is 0. The second kappa shape index (κ2) is 8.76. The predicted molar refractivity (Wildman–Crippen MR) is 116 cm³/mol. The molecular formula is C23H26N2O3S. The summed E-state index contributed by atoms with van der Waals surface area (Å²) < 4.78 is 26.6. The maximum absolute atomic E-state index is 12.7. The highest BCUT2D eigenvalue weighted by Crippen LogP contribution is 2.24. The fraction of sp³-hybridized carbons (Fsp3) is 0.261. The lowest BCUT2D eigenvalue weighted by atomic mass is 9.99. The number of hydrogen-bond acceptors (Lipinski definition) is 3. The van der Waals surface area contributed by atoms with E-state index in [1.54, 1.807) is 26.0 Å². The van der Waals surface area contributed by atoms with Gasteiger partial charge in [-0.25, -0.2) is 8.42 Å². The van der Waals surface area contributed by atoms with E-state index in [-0.39, 0.29) is 16.8 Å². The molecule has 0 heterocycles. The van der Waals surface area contributed by atoms with Crippen molar-refractivity contribution in [1.82, 2.24) is 9.62 Å². The van der Waals surface area contributed by atoms with E-state index in [0.29, 0.717) is 18.7 Å². The molecular weight excluding hydrogens is 384 g/mol. The Morgan fingerprint density at radius 1 is 0.931 bits per heavy atom. The SMILES string of the molecule is CCN(CC)S(=O)(=O)c1ccc(C(=O)NC(C)c2cccc3ccccc23)cc1. The molecule has 1 unspecified atom stereocenters. The Morgan fingerprint density at radius 3 is 2.21 bits per heavy atom. The average Bonchev–Trinajstić information content (AvgIpc) is 2.74. The molecule has 1 N–H and O–H groups in total. The van der Waals surface area contributed by atoms with E-state index in [1.807, 2.05) is 49.4 Å². The Hall–Kier alpha value is -2.70. The van der Waals surface area contributed by atoms with Gasteiger partial charge in [-0.2, -0.15) is 4.31 Å². The highest BCUT2D eigenvalue weighted by Gasteiger charge is 2.22. The van der Waals surface area contributed by atoms with Crippen LogP contribution in [0.2, 0.25) is 0 Å². The third-order valence-electron chi connectivity index (χ3n) is 5.10. The number of hydrogen-bond donors (Lipinski definition) is 1. The van der Waals surface area contributed by atoms with Gasteiger partial charge in [0.05, 0.1) is 10.9 Å². The van der Waals surface area contributed by atoms with Gasteiger partial charge in [0.25, 0.3) is 5.91 Å². The quantitative estimate of drug-likeness (QED) is 0.629. The van der Waals surface area contributed by atoms with Gasteiger partial charge >= 0.3 is 0 Å². The Balaban J connectivity index is 1.79. The molecule has 0 aliphatic carbocycles. The zero-order chi connectivity index (χ0) is 21.0. The van der Waals surface area contributed by atoms with Crippen molar-refractivity contribution in [1.29, 1.82) is 0 Å². The summed E-state index contributed by atoms with van der Waals surface area (Å²) in [6, 6.07) is 20.0. The van der Waals surface area contributed by atoms with E-state index >= 15 is 0 Å². The van der Waals surface area contributed by atoms with Crippen LogP contribution in [0, 0.1) is 0 Å². The van der Waals surface area contributed by atoms with Gasteiger partial charge < -0.3 is 5.32 Å². The summed E-state index contributed by atoms with van der Waals surface area (Å²) in [5.74, 6) is -0.239. The Bertz CT molecular complexity index is 1100. The number of carbonyl (C=O) groups excluding carboxylic acids is 1. The Labute approximate surface area is 172 Å². The summed E-state index contributed by atoms with van der Waals surface area (Å²) in [7, 11) is -3.53. The van der Waals surface area contributed by atoms with Gasteiger partial charge in [-0.1, -0.05) is 56.3 Å². The number of rotatable bonds is 7. The van der Waals surface area contributed by atoms with Crippen LogP contribution in [-0.4, -0.2) is 31.7 Å². The van der Waals surface area contributed by atoms with Crippen molar-refractivity contribution in [2.24, 2.45) is 0 Å². The predicted octanol–water partition coefficient (Wildman–Crippen LogP) is 4.36. The molecule has 0 fully saturated rings. The molecule has 0 radical (unpaired) electrons. The molecule has 29 heavy (non-hydrogen) atoms. The first-order chi connectivity index (χ1) is 13.9. The van der Waals surface area contributed by atoms with Crippen molar-refractivity contribution in [2.75, 3.05) is 13.1 Å². The first-order valence-electron chi connectivity index (χ1n) is 9.77. The van der Waals surface area contributed by atoms with Crippen molar-refractivity contribution < 1.29 is 13.2 Å². The van der Waals surface area contributed by atoms with Gasteiger partial charge in [-0.3, -0.25) is 4.79 Å². The van der Waals surface area contributed by atoms with Crippen LogP contribution in [0.1, 0.15) is 42.7 Å². The lowest BCUT2D eigenvalue weighted by Crippen LogP contribution is -2.30. The number of nitrogens with one attached hydrogen (secondary N) is 1. The fourth-order valence-corrected chi connectivity index (χ4v) is 4.93. The highest BCUT2D eigenvalue weighted by molar-refractivity contribution is 7.89. The summed E-state index contributed by atoms with van der Waals surface area (Å²) in [5, 5.41) is 5.23. The van der Waals surface area contributed by atoms with Crippen LogP contribution in [0.15, 0.2) is 71.6 Å². The van der Waals surface area contributed by atoms with Crippen molar-refractivity contribution in [2.45, 2.75) is 31.7 Å². The van der Waals surface area contributed by atoms with Gasteiger partial charge in [-0.15, -0.1) is 0 Å². The third kappa shape index (κ3) is 4.33. The molecule has 3 rings (SSSR count). The molecule has 152 valence electrons. The molecule has 1 atom stereocenters. The maximum atomic E-state index is 12.7. The number of carbonyl (C=O) groups is 1. The second-order valence-corrected chi connectivity index (χ2v) is 8.82. The molecule has 1 amide bonds. The molecule has 0 aliphatic heterocycles. The van der Waals surface area contributed by atoms with E-state index in [0.717, 1.165) is 16.3 Å². The van der Waals surface area contributed by atoms with Crippen molar-refractivity contribution in [3.8, 4) is 0 Å². The van der Waals surface area contributed by atoms with E-state index in [1.165, 1.54) is 16.4 Å². The van der Waals surface area contributed by atoms with Gasteiger partial charge in [0, 0.05) is 18.7 Å². The third-order valence-corrected chi connectivity index (χ3v) is 7.16.